The first-order chi connectivity index (χ1) is 3.00. The molecule has 0 heterocycles. The topological polar surface area (TPSA) is 78.1 Å². The molecule has 0 spiro atoms. The maximum absolute atomic E-state index is 4.50. The van der Waals surface area contributed by atoms with E-state index in [4.69, 9.17) is 0 Å². The van der Waals surface area contributed by atoms with Crippen molar-refractivity contribution < 1.29 is 52.8 Å². The van der Waals surface area contributed by atoms with Crippen LogP contribution in [0, 0.1) is 0 Å². The second kappa shape index (κ2) is 282. The first kappa shape index (κ1) is 46.3. The molecule has 3 nitrogen and oxygen atoms in total. The Morgan fingerprint density at radius 2 is 0.778 bits per heavy atom. The minimum absolute atomic E-state index is 0. The monoisotopic (exact) mass is 160 g/mol. The molecule has 0 atom stereocenters. The van der Waals surface area contributed by atoms with E-state index in [1.807, 2.05) is 0 Å². The molecule has 0 aromatic rings. The molecule has 6 N–H and O–H groups in total. The molecule has 0 bridgehead atoms. The molecule has 9 heavy (non-hydrogen) atoms. The van der Waals surface area contributed by atoms with Gasteiger partial charge in [0.25, 0.3) is 0 Å². The largest absolute Gasteiger partial charge is 1.00 e. The second-order valence-electron chi connectivity index (χ2n) is 0. The average Bonchev–Trinajstić information content (AvgIpc) is 1.81. The maximum atomic E-state index is 4.50. The van der Waals surface area contributed by atoms with Crippen molar-refractivity contribution >= 4 is 8.41 Å². The van der Waals surface area contributed by atoms with E-state index in [2.05, 4.69) is 17.2 Å². The van der Waals surface area contributed by atoms with Gasteiger partial charge >= 0.3 is 51.4 Å². The van der Waals surface area contributed by atoms with Crippen molar-refractivity contribution in [1.82, 2.24) is 0 Å². The van der Waals surface area contributed by atoms with E-state index in [-0.39, 0.29) is 68.7 Å². The zero-order valence-corrected chi connectivity index (χ0v) is 9.43. The zero-order chi connectivity index (χ0) is 6.00. The Kier molecular flexibility index (Phi) is 1450. The van der Waals surface area contributed by atoms with Crippen LogP contribution < -0.4 is 68.6 Å². The molecule has 0 saturated heterocycles. The Labute approximate surface area is 106 Å². The summed E-state index contributed by atoms with van der Waals surface area (Å²) in [4.78, 5) is 0. The molecule has 0 unspecified atom stereocenters. The van der Waals surface area contributed by atoms with E-state index >= 15 is 0 Å². The van der Waals surface area contributed by atoms with Crippen molar-refractivity contribution in [1.29, 1.82) is 0 Å². The summed E-state index contributed by atoms with van der Waals surface area (Å²) in [6.45, 7) is 0. The Hall–Kier alpha value is 1.58. The van der Waals surface area contributed by atoms with Crippen LogP contribution in [-0.4, -0.2) is 29.6 Å². The van der Waals surface area contributed by atoms with Gasteiger partial charge in [0.05, 0.1) is 0 Å². The van der Waals surface area contributed by atoms with Gasteiger partial charge in [-0.1, -0.05) is 7.43 Å². The van der Waals surface area contributed by atoms with Crippen LogP contribution in [0.1, 0.15) is 8.85 Å². The van der Waals surface area contributed by atoms with Crippen molar-refractivity contribution in [3.05, 3.63) is 0 Å². The third-order valence-corrected chi connectivity index (χ3v) is 0. The van der Waals surface area contributed by atoms with Crippen LogP contribution in [0.5, 0.6) is 0 Å². The summed E-state index contributed by atoms with van der Waals surface area (Å²) in [5.74, 6) is 0. The van der Waals surface area contributed by atoms with Crippen molar-refractivity contribution in [2.24, 2.45) is 17.2 Å². The molecule has 0 saturated carbocycles. The van der Waals surface area contributed by atoms with E-state index in [1.54, 1.807) is 0 Å². The smallest absolute Gasteiger partial charge is 1.00 e. The third-order valence-electron chi connectivity index (χ3n) is 0. The molecule has 3 radical (unpaired) electrons. The van der Waals surface area contributed by atoms with Crippen LogP contribution in [-0.2, 0) is 0 Å². The SMILES string of the molecule is C.CN.CN.CN.[B].[H-].[K+]. The summed E-state index contributed by atoms with van der Waals surface area (Å²) in [6, 6.07) is 0. The standard InChI is InChI=1S/3CH5N.CH4.B.K.H/c3*1-2;;;;/h3*2H2,1H3;1H4;;;/q;;;;;+1;-1. The van der Waals surface area contributed by atoms with Crippen LogP contribution in [0.15, 0.2) is 0 Å². The quantitative estimate of drug-likeness (QED) is 0.317. The van der Waals surface area contributed by atoms with E-state index in [1.165, 1.54) is 21.1 Å². The third kappa shape index (κ3) is 220. The van der Waals surface area contributed by atoms with Crippen molar-refractivity contribution in [3.63, 3.8) is 0 Å². The molecular weight excluding hydrogens is 140 g/mol. The van der Waals surface area contributed by atoms with Gasteiger partial charge in [0.1, 0.15) is 0 Å². The number of hydrogen-bond donors (Lipinski definition) is 3. The normalized spacial score (nSPS) is 2.00. The molecule has 0 amide bonds. The summed E-state index contributed by atoms with van der Waals surface area (Å²) < 4.78 is 0. The summed E-state index contributed by atoms with van der Waals surface area (Å²) in [6.07, 6.45) is 0. The Balaban J connectivity index is -0.00000000225. The average molecular weight is 160 g/mol. The Bertz CT molecular complexity index is 20.5. The maximum Gasteiger partial charge on any atom is 1.00 e. The van der Waals surface area contributed by atoms with Gasteiger partial charge < -0.3 is 18.6 Å². The van der Waals surface area contributed by atoms with Crippen molar-refractivity contribution in [2.75, 3.05) is 21.1 Å². The molecule has 0 aliphatic heterocycles. The van der Waals surface area contributed by atoms with Crippen LogP contribution in [0.25, 0.3) is 0 Å². The molecule has 0 aliphatic rings. The summed E-state index contributed by atoms with van der Waals surface area (Å²) in [7, 11) is 4.50. The minimum atomic E-state index is 0. The molecule has 0 fully saturated rings. The van der Waals surface area contributed by atoms with Gasteiger partial charge in [0, 0.05) is 8.41 Å². The van der Waals surface area contributed by atoms with Crippen molar-refractivity contribution in [3.8, 4) is 0 Å². The van der Waals surface area contributed by atoms with E-state index < -0.39 is 0 Å². The predicted octanol–water partition coefficient (Wildman–Crippen LogP) is -3.90. The van der Waals surface area contributed by atoms with Gasteiger partial charge in [-0.2, -0.15) is 0 Å². The van der Waals surface area contributed by atoms with Crippen molar-refractivity contribution in [2.45, 2.75) is 7.43 Å². The fourth-order valence-electron chi connectivity index (χ4n) is 0. The van der Waals surface area contributed by atoms with E-state index in [9.17, 15) is 0 Å². The van der Waals surface area contributed by atoms with Crippen LogP contribution in [0.3, 0.4) is 0 Å². The fraction of sp³-hybridized carbons (Fsp3) is 1.00. The van der Waals surface area contributed by atoms with Gasteiger partial charge in [-0.15, -0.1) is 0 Å². The van der Waals surface area contributed by atoms with Gasteiger partial charge in [-0.05, 0) is 21.1 Å². The van der Waals surface area contributed by atoms with Gasteiger partial charge in [-0.3, -0.25) is 0 Å². The molecular formula is C4H20BKN3. The predicted molar refractivity (Wildman–Crippen MR) is 43.9 cm³/mol. The first-order valence-corrected chi connectivity index (χ1v) is 1.73. The molecule has 0 aliphatic carbocycles. The van der Waals surface area contributed by atoms with E-state index in [0.29, 0.717) is 0 Å². The number of hydrogen-bond acceptors (Lipinski definition) is 3. The Morgan fingerprint density at radius 1 is 0.778 bits per heavy atom. The van der Waals surface area contributed by atoms with Gasteiger partial charge in [0.2, 0.25) is 0 Å². The van der Waals surface area contributed by atoms with Crippen LogP contribution in [0.4, 0.5) is 0 Å². The first-order valence-electron chi connectivity index (χ1n) is 1.73. The number of nitrogens with two attached hydrogens (primary N) is 3. The molecule has 0 rings (SSSR count). The molecule has 0 aromatic heterocycles. The zero-order valence-electron chi connectivity index (χ0n) is 7.31. The minimum Gasteiger partial charge on any atom is -1.00 e. The van der Waals surface area contributed by atoms with Gasteiger partial charge in [-0.25, -0.2) is 0 Å². The number of rotatable bonds is 0. The van der Waals surface area contributed by atoms with Crippen LogP contribution in [0.2, 0.25) is 0 Å². The Morgan fingerprint density at radius 3 is 0.778 bits per heavy atom. The molecule has 55 valence electrons. The van der Waals surface area contributed by atoms with Crippen LogP contribution >= 0.6 is 0 Å². The summed E-state index contributed by atoms with van der Waals surface area (Å²) in [5, 5.41) is 0. The summed E-state index contributed by atoms with van der Waals surface area (Å²) >= 11 is 0. The molecule has 0 aromatic carbocycles. The van der Waals surface area contributed by atoms with E-state index in [0.717, 1.165) is 0 Å². The second-order valence-corrected chi connectivity index (χ2v) is 0. The summed E-state index contributed by atoms with van der Waals surface area (Å²) in [5.41, 5.74) is 13.5. The molecule has 5 heteroatoms. The fourth-order valence-corrected chi connectivity index (χ4v) is 0. The van der Waals surface area contributed by atoms with Gasteiger partial charge in [0.15, 0.2) is 0 Å².